The molecule has 0 fully saturated rings. The van der Waals surface area contributed by atoms with Crippen molar-refractivity contribution in [1.29, 1.82) is 0 Å². The average Bonchev–Trinajstić information content (AvgIpc) is 2.30. The van der Waals surface area contributed by atoms with Crippen LogP contribution in [0.5, 0.6) is 0 Å². The summed E-state index contributed by atoms with van der Waals surface area (Å²) in [5.74, 6) is -2.23. The van der Waals surface area contributed by atoms with Gasteiger partial charge in [-0.05, 0) is 6.42 Å². The lowest BCUT2D eigenvalue weighted by Crippen LogP contribution is -2.42. The monoisotopic (exact) mass is 259 g/mol. The van der Waals surface area contributed by atoms with Crippen LogP contribution in [0.1, 0.15) is 46.0 Å². The van der Waals surface area contributed by atoms with E-state index in [0.717, 1.165) is 25.7 Å². The Labute approximate surface area is 107 Å². The molecule has 0 bridgehead atoms. The summed E-state index contributed by atoms with van der Waals surface area (Å²) in [6, 6.07) is -0.912. The van der Waals surface area contributed by atoms with Crippen LogP contribution < -0.4 is 5.32 Å². The number of esters is 1. The molecule has 0 radical (unpaired) electrons. The zero-order chi connectivity index (χ0) is 14.0. The molecule has 1 atom stereocenters. The van der Waals surface area contributed by atoms with Crippen molar-refractivity contribution in [3.8, 4) is 0 Å². The van der Waals surface area contributed by atoms with Crippen LogP contribution in [-0.4, -0.2) is 35.6 Å². The van der Waals surface area contributed by atoms with Crippen LogP contribution >= 0.6 is 0 Å². The molecular formula is C12H21NO5. The predicted molar refractivity (Wildman–Crippen MR) is 65.0 cm³/mol. The van der Waals surface area contributed by atoms with Gasteiger partial charge in [-0.2, -0.15) is 0 Å². The van der Waals surface area contributed by atoms with Crippen LogP contribution in [0.2, 0.25) is 0 Å². The first kappa shape index (κ1) is 16.4. The zero-order valence-corrected chi connectivity index (χ0v) is 10.9. The molecule has 0 spiro atoms. The van der Waals surface area contributed by atoms with Crippen LogP contribution in [0, 0.1) is 0 Å². The average molecular weight is 259 g/mol. The normalized spacial score (nSPS) is 11.7. The highest BCUT2D eigenvalue weighted by Crippen LogP contribution is 2.05. The molecule has 0 aromatic carbocycles. The Morgan fingerprint density at radius 1 is 1.22 bits per heavy atom. The van der Waals surface area contributed by atoms with Gasteiger partial charge in [-0.3, -0.25) is 9.59 Å². The van der Waals surface area contributed by atoms with E-state index in [-0.39, 0.29) is 0 Å². The maximum absolute atomic E-state index is 11.3. The first-order valence-electron chi connectivity index (χ1n) is 6.13. The number of ether oxygens (including phenoxy) is 1. The number of hydrogen-bond donors (Lipinski definition) is 2. The maximum Gasteiger partial charge on any atom is 0.326 e. The fourth-order valence-electron chi connectivity index (χ4n) is 1.44. The molecule has 18 heavy (non-hydrogen) atoms. The molecule has 0 unspecified atom stereocenters. The van der Waals surface area contributed by atoms with E-state index in [9.17, 15) is 14.4 Å². The van der Waals surface area contributed by atoms with Gasteiger partial charge in [-0.1, -0.05) is 32.6 Å². The molecule has 0 aliphatic rings. The first-order valence-corrected chi connectivity index (χ1v) is 6.13. The zero-order valence-electron chi connectivity index (χ0n) is 10.9. The molecule has 0 saturated carbocycles. The number of carbonyl (C=O) groups excluding carboxylic acids is 2. The molecule has 0 aromatic heterocycles. The van der Waals surface area contributed by atoms with Gasteiger partial charge in [-0.15, -0.1) is 0 Å². The number of unbranched alkanes of at least 4 members (excludes halogenated alkanes) is 3. The van der Waals surface area contributed by atoms with Crippen molar-refractivity contribution in [1.82, 2.24) is 5.32 Å². The smallest absolute Gasteiger partial charge is 0.326 e. The number of aliphatic carboxylic acids is 1. The number of hydrogen-bond acceptors (Lipinski definition) is 4. The van der Waals surface area contributed by atoms with Crippen molar-refractivity contribution in [3.63, 3.8) is 0 Å². The number of nitrogens with one attached hydrogen (secondary N) is 1. The minimum atomic E-state index is -1.07. The van der Waals surface area contributed by atoms with Crippen molar-refractivity contribution in [2.75, 3.05) is 6.61 Å². The van der Waals surface area contributed by atoms with Crippen molar-refractivity contribution < 1.29 is 24.2 Å². The summed E-state index contributed by atoms with van der Waals surface area (Å²) in [6.45, 7) is 2.82. The number of rotatable bonds is 9. The van der Waals surface area contributed by atoms with Gasteiger partial charge in [0.25, 0.3) is 5.91 Å². The van der Waals surface area contributed by atoms with Crippen molar-refractivity contribution in [3.05, 3.63) is 0 Å². The molecule has 0 aliphatic carbocycles. The summed E-state index contributed by atoms with van der Waals surface area (Å²) < 4.78 is 4.48. The second kappa shape index (κ2) is 9.44. The summed E-state index contributed by atoms with van der Waals surface area (Å²) in [6.07, 6.45) is 4.20. The lowest BCUT2D eigenvalue weighted by Gasteiger charge is -2.14. The summed E-state index contributed by atoms with van der Waals surface area (Å²) in [4.78, 5) is 32.7. The molecule has 0 aliphatic heterocycles. The molecule has 2 N–H and O–H groups in total. The Morgan fingerprint density at radius 2 is 1.89 bits per heavy atom. The third-order valence-electron chi connectivity index (χ3n) is 2.39. The molecule has 104 valence electrons. The fourth-order valence-corrected chi connectivity index (χ4v) is 1.44. The third-order valence-corrected chi connectivity index (χ3v) is 2.39. The van der Waals surface area contributed by atoms with Crippen LogP contribution in [0.3, 0.4) is 0 Å². The largest absolute Gasteiger partial charge is 0.480 e. The van der Waals surface area contributed by atoms with Gasteiger partial charge in [0.2, 0.25) is 0 Å². The highest BCUT2D eigenvalue weighted by Gasteiger charge is 2.19. The highest BCUT2D eigenvalue weighted by atomic mass is 16.5. The number of amides is 1. The molecule has 6 heteroatoms. The Kier molecular flexibility index (Phi) is 8.61. The van der Waals surface area contributed by atoms with E-state index in [1.165, 1.54) is 6.92 Å². The number of carbonyl (C=O) groups is 3. The molecule has 0 rings (SSSR count). The molecule has 6 nitrogen and oxygen atoms in total. The summed E-state index contributed by atoms with van der Waals surface area (Å²) in [5, 5.41) is 11.3. The topological polar surface area (TPSA) is 92.7 Å². The Morgan fingerprint density at radius 3 is 2.39 bits per heavy atom. The van der Waals surface area contributed by atoms with Gasteiger partial charge < -0.3 is 15.2 Å². The van der Waals surface area contributed by atoms with Crippen LogP contribution in [0.25, 0.3) is 0 Å². The molecule has 0 aromatic rings. The lowest BCUT2D eigenvalue weighted by atomic mass is 10.1. The highest BCUT2D eigenvalue weighted by molar-refractivity contribution is 5.85. The van der Waals surface area contributed by atoms with Gasteiger partial charge in [0.05, 0.1) is 0 Å². The Hall–Kier alpha value is -1.59. The van der Waals surface area contributed by atoms with E-state index >= 15 is 0 Å². The quantitative estimate of drug-likeness (QED) is 0.477. The van der Waals surface area contributed by atoms with E-state index in [4.69, 9.17) is 5.11 Å². The van der Waals surface area contributed by atoms with E-state index in [1.54, 1.807) is 0 Å². The molecular weight excluding hydrogens is 238 g/mol. The second-order valence-corrected chi connectivity index (χ2v) is 4.09. The SMILES string of the molecule is CCCCCC[C@@H](NC(=O)COC(C)=O)C(=O)O. The summed E-state index contributed by atoms with van der Waals surface area (Å²) in [7, 11) is 0. The van der Waals surface area contributed by atoms with Gasteiger partial charge in [0, 0.05) is 6.92 Å². The van der Waals surface area contributed by atoms with Crippen molar-refractivity contribution in [2.24, 2.45) is 0 Å². The van der Waals surface area contributed by atoms with E-state index in [1.807, 2.05) is 0 Å². The minimum absolute atomic E-state index is 0.390. The molecule has 0 heterocycles. The standard InChI is InChI=1S/C12H21NO5/c1-3-4-5-6-7-10(12(16)17)13-11(15)8-18-9(2)14/h10H,3-8H2,1-2H3,(H,13,15)(H,16,17)/t10-/m1/s1. The summed E-state index contributed by atoms with van der Waals surface area (Å²) in [5.41, 5.74) is 0. The number of carboxylic acids is 1. The maximum atomic E-state index is 11.3. The fraction of sp³-hybridized carbons (Fsp3) is 0.750. The van der Waals surface area contributed by atoms with Crippen molar-refractivity contribution >= 4 is 17.8 Å². The van der Waals surface area contributed by atoms with Gasteiger partial charge in [0.15, 0.2) is 6.61 Å². The molecule has 0 saturated heterocycles. The van der Waals surface area contributed by atoms with Crippen molar-refractivity contribution in [2.45, 2.75) is 52.0 Å². The predicted octanol–water partition coefficient (Wildman–Crippen LogP) is 1.09. The Balaban J connectivity index is 3.99. The minimum Gasteiger partial charge on any atom is -0.480 e. The van der Waals surface area contributed by atoms with Crippen LogP contribution in [0.15, 0.2) is 0 Å². The van der Waals surface area contributed by atoms with Crippen LogP contribution in [0.4, 0.5) is 0 Å². The number of carboxylic acid groups (broad SMARTS) is 1. The molecule has 1 amide bonds. The lowest BCUT2D eigenvalue weighted by molar-refractivity contribution is -0.148. The second-order valence-electron chi connectivity index (χ2n) is 4.09. The first-order chi connectivity index (χ1) is 8.47. The van der Waals surface area contributed by atoms with Gasteiger partial charge in [-0.25, -0.2) is 4.79 Å². The van der Waals surface area contributed by atoms with E-state index in [0.29, 0.717) is 6.42 Å². The summed E-state index contributed by atoms with van der Waals surface area (Å²) >= 11 is 0. The van der Waals surface area contributed by atoms with Gasteiger partial charge in [0.1, 0.15) is 6.04 Å². The third kappa shape index (κ3) is 8.55. The van der Waals surface area contributed by atoms with E-state index in [2.05, 4.69) is 17.0 Å². The van der Waals surface area contributed by atoms with Crippen LogP contribution in [-0.2, 0) is 19.1 Å². The van der Waals surface area contributed by atoms with Gasteiger partial charge >= 0.3 is 11.9 Å². The Bertz CT molecular complexity index is 290. The van der Waals surface area contributed by atoms with E-state index < -0.39 is 30.5 Å².